The van der Waals surface area contributed by atoms with E-state index in [4.69, 9.17) is 4.74 Å². The minimum atomic E-state index is 0.114. The summed E-state index contributed by atoms with van der Waals surface area (Å²) < 4.78 is 5.14. The fourth-order valence-electron chi connectivity index (χ4n) is 3.57. The Balaban J connectivity index is 1.44. The van der Waals surface area contributed by atoms with Gasteiger partial charge in [0.1, 0.15) is 0 Å². The molecular formula is C20H29N3O2. The molecule has 3 rings (SSSR count). The van der Waals surface area contributed by atoms with Gasteiger partial charge in [0, 0.05) is 37.3 Å². The zero-order valence-electron chi connectivity index (χ0n) is 15.3. The summed E-state index contributed by atoms with van der Waals surface area (Å²) in [6, 6.07) is 6.31. The summed E-state index contributed by atoms with van der Waals surface area (Å²) in [4.78, 5) is 18.0. The first-order chi connectivity index (χ1) is 12.2. The molecule has 2 aromatic rings. The summed E-state index contributed by atoms with van der Waals surface area (Å²) in [6.45, 7) is 6.88. The Morgan fingerprint density at radius 2 is 2.16 bits per heavy atom. The van der Waals surface area contributed by atoms with Gasteiger partial charge in [0.2, 0.25) is 5.91 Å². The van der Waals surface area contributed by atoms with Crippen molar-refractivity contribution >= 4 is 16.8 Å². The monoisotopic (exact) mass is 343 g/mol. The maximum Gasteiger partial charge on any atom is 0.224 e. The average molecular weight is 343 g/mol. The second kappa shape index (κ2) is 8.50. The standard InChI is InChI=1S/C20H29N3O2/c1-15-3-4-18-17(14-21-19(18)11-15)12-20(24)22-13-16-5-7-23(8-6-16)9-10-25-2/h3-4,11,14,16,21H,5-10,12-13H2,1-2H3,(H,22,24). The number of carbonyl (C=O) groups is 1. The van der Waals surface area contributed by atoms with E-state index in [-0.39, 0.29) is 5.91 Å². The highest BCUT2D eigenvalue weighted by molar-refractivity contribution is 5.89. The van der Waals surface area contributed by atoms with E-state index in [1.54, 1.807) is 7.11 Å². The lowest BCUT2D eigenvalue weighted by molar-refractivity contribution is -0.120. The lowest BCUT2D eigenvalue weighted by Crippen LogP contribution is -2.40. The lowest BCUT2D eigenvalue weighted by atomic mass is 9.96. The Hall–Kier alpha value is -1.85. The number of hydrogen-bond acceptors (Lipinski definition) is 3. The molecule has 0 aliphatic carbocycles. The number of aryl methyl sites for hydroxylation is 1. The zero-order valence-corrected chi connectivity index (χ0v) is 15.3. The van der Waals surface area contributed by atoms with Crippen molar-refractivity contribution in [1.29, 1.82) is 0 Å². The van der Waals surface area contributed by atoms with Gasteiger partial charge in [0.25, 0.3) is 0 Å². The smallest absolute Gasteiger partial charge is 0.224 e. The van der Waals surface area contributed by atoms with E-state index < -0.39 is 0 Å². The predicted octanol–water partition coefficient (Wildman–Crippen LogP) is 2.49. The van der Waals surface area contributed by atoms with Crippen LogP contribution in [0.25, 0.3) is 10.9 Å². The minimum absolute atomic E-state index is 0.114. The van der Waals surface area contributed by atoms with E-state index in [1.807, 2.05) is 6.20 Å². The molecule has 25 heavy (non-hydrogen) atoms. The molecule has 0 unspecified atom stereocenters. The second-order valence-electron chi connectivity index (χ2n) is 7.12. The number of likely N-dealkylation sites (tertiary alicyclic amines) is 1. The third-order valence-corrected chi connectivity index (χ3v) is 5.18. The van der Waals surface area contributed by atoms with Crippen molar-refractivity contribution in [3.8, 4) is 0 Å². The van der Waals surface area contributed by atoms with Crippen molar-refractivity contribution in [2.75, 3.05) is 39.9 Å². The van der Waals surface area contributed by atoms with E-state index >= 15 is 0 Å². The van der Waals surface area contributed by atoms with Gasteiger partial charge in [-0.15, -0.1) is 0 Å². The highest BCUT2D eigenvalue weighted by Crippen LogP contribution is 2.20. The maximum absolute atomic E-state index is 12.3. The lowest BCUT2D eigenvalue weighted by Gasteiger charge is -2.31. The van der Waals surface area contributed by atoms with Crippen LogP contribution >= 0.6 is 0 Å². The minimum Gasteiger partial charge on any atom is -0.383 e. The number of nitrogens with zero attached hydrogens (tertiary/aromatic N) is 1. The van der Waals surface area contributed by atoms with Crippen molar-refractivity contribution in [3.63, 3.8) is 0 Å². The number of nitrogens with one attached hydrogen (secondary N) is 2. The van der Waals surface area contributed by atoms with Crippen LogP contribution in [0.2, 0.25) is 0 Å². The number of aromatic nitrogens is 1. The Bertz CT molecular complexity index is 702. The Morgan fingerprint density at radius 1 is 1.36 bits per heavy atom. The first-order valence-electron chi connectivity index (χ1n) is 9.20. The van der Waals surface area contributed by atoms with Crippen molar-refractivity contribution < 1.29 is 9.53 Å². The van der Waals surface area contributed by atoms with Crippen molar-refractivity contribution in [3.05, 3.63) is 35.5 Å². The molecule has 1 saturated heterocycles. The van der Waals surface area contributed by atoms with Gasteiger partial charge in [-0.05, 0) is 56.0 Å². The fourth-order valence-corrected chi connectivity index (χ4v) is 3.57. The number of rotatable bonds is 7. The summed E-state index contributed by atoms with van der Waals surface area (Å²) in [5, 5.41) is 4.27. The van der Waals surface area contributed by atoms with Crippen molar-refractivity contribution in [1.82, 2.24) is 15.2 Å². The van der Waals surface area contributed by atoms with Gasteiger partial charge in [0.05, 0.1) is 13.0 Å². The predicted molar refractivity (Wildman–Crippen MR) is 101 cm³/mol. The van der Waals surface area contributed by atoms with Gasteiger partial charge < -0.3 is 19.9 Å². The highest BCUT2D eigenvalue weighted by Gasteiger charge is 2.19. The molecule has 2 N–H and O–H groups in total. The molecular weight excluding hydrogens is 314 g/mol. The van der Waals surface area contributed by atoms with Gasteiger partial charge >= 0.3 is 0 Å². The first kappa shape index (κ1) is 18.0. The van der Waals surface area contributed by atoms with Gasteiger partial charge in [0.15, 0.2) is 0 Å². The second-order valence-corrected chi connectivity index (χ2v) is 7.12. The molecule has 1 aromatic carbocycles. The number of H-pyrrole nitrogens is 1. The van der Waals surface area contributed by atoms with Crippen molar-refractivity contribution in [2.45, 2.75) is 26.2 Å². The van der Waals surface area contributed by atoms with Crippen LogP contribution in [0, 0.1) is 12.8 Å². The summed E-state index contributed by atoms with van der Waals surface area (Å²) >= 11 is 0. The number of ether oxygens (including phenoxy) is 1. The van der Waals surface area contributed by atoms with Gasteiger partial charge in [-0.25, -0.2) is 0 Å². The number of carbonyl (C=O) groups excluding carboxylic acids is 1. The molecule has 0 bridgehead atoms. The van der Waals surface area contributed by atoms with Crippen LogP contribution in [-0.2, 0) is 16.0 Å². The molecule has 1 fully saturated rings. The number of aromatic amines is 1. The van der Waals surface area contributed by atoms with Crippen LogP contribution in [0.1, 0.15) is 24.0 Å². The SMILES string of the molecule is COCCN1CCC(CNC(=O)Cc2c[nH]c3cc(C)ccc23)CC1. The highest BCUT2D eigenvalue weighted by atomic mass is 16.5. The van der Waals surface area contributed by atoms with E-state index in [9.17, 15) is 4.79 Å². The molecule has 1 amide bonds. The van der Waals surface area contributed by atoms with Crippen LogP contribution in [-0.4, -0.2) is 55.7 Å². The maximum atomic E-state index is 12.3. The number of hydrogen-bond donors (Lipinski definition) is 2. The van der Waals surface area contributed by atoms with E-state index in [2.05, 4.69) is 40.3 Å². The molecule has 0 saturated carbocycles. The van der Waals surface area contributed by atoms with E-state index in [0.717, 1.165) is 62.1 Å². The number of benzene rings is 1. The average Bonchev–Trinajstić information content (AvgIpc) is 3.01. The van der Waals surface area contributed by atoms with Crippen molar-refractivity contribution in [2.24, 2.45) is 5.92 Å². The fraction of sp³-hybridized carbons (Fsp3) is 0.550. The van der Waals surface area contributed by atoms with Crippen LogP contribution in [0.4, 0.5) is 0 Å². The Labute approximate surface area is 149 Å². The summed E-state index contributed by atoms with van der Waals surface area (Å²) in [7, 11) is 1.75. The number of piperidine rings is 1. The first-order valence-corrected chi connectivity index (χ1v) is 9.20. The molecule has 1 aliphatic heterocycles. The molecule has 0 atom stereocenters. The van der Waals surface area contributed by atoms with Gasteiger partial charge in [-0.1, -0.05) is 12.1 Å². The molecule has 1 aliphatic rings. The number of methoxy groups -OCH3 is 1. The largest absolute Gasteiger partial charge is 0.383 e. The topological polar surface area (TPSA) is 57.4 Å². The summed E-state index contributed by atoms with van der Waals surface area (Å²) in [6.07, 6.45) is 4.69. The molecule has 0 spiro atoms. The van der Waals surface area contributed by atoms with Gasteiger partial charge in [-0.2, -0.15) is 0 Å². The molecule has 2 heterocycles. The van der Waals surface area contributed by atoms with Crippen LogP contribution in [0.5, 0.6) is 0 Å². The Morgan fingerprint density at radius 3 is 2.92 bits per heavy atom. The van der Waals surface area contributed by atoms with Gasteiger partial charge in [-0.3, -0.25) is 4.79 Å². The van der Waals surface area contributed by atoms with Crippen LogP contribution in [0.3, 0.4) is 0 Å². The summed E-state index contributed by atoms with van der Waals surface area (Å²) in [5.74, 6) is 0.705. The third kappa shape index (κ3) is 4.83. The zero-order chi connectivity index (χ0) is 17.6. The Kier molecular flexibility index (Phi) is 6.10. The summed E-state index contributed by atoms with van der Waals surface area (Å²) in [5.41, 5.74) is 3.40. The number of amides is 1. The van der Waals surface area contributed by atoms with E-state index in [0.29, 0.717) is 12.3 Å². The molecule has 1 aromatic heterocycles. The normalized spacial score (nSPS) is 16.4. The molecule has 5 heteroatoms. The van der Waals surface area contributed by atoms with E-state index in [1.165, 1.54) is 5.56 Å². The molecule has 136 valence electrons. The number of fused-ring (bicyclic) bond motifs is 1. The molecule has 0 radical (unpaired) electrons. The third-order valence-electron chi connectivity index (χ3n) is 5.18. The quantitative estimate of drug-likeness (QED) is 0.812. The molecule has 5 nitrogen and oxygen atoms in total. The van der Waals surface area contributed by atoms with Crippen LogP contribution in [0.15, 0.2) is 24.4 Å². The van der Waals surface area contributed by atoms with Crippen LogP contribution < -0.4 is 5.32 Å².